The van der Waals surface area contributed by atoms with Crippen LogP contribution in [0.15, 0.2) is 18.3 Å². The van der Waals surface area contributed by atoms with Crippen molar-refractivity contribution in [1.29, 1.82) is 0 Å². The van der Waals surface area contributed by atoms with Crippen LogP contribution in [0, 0.1) is 11.8 Å². The SMILES string of the molecule is C[C@@H]1C[C@H]1CNC(=O)NCc1ccnc(N2CCOCC2)c1. The minimum atomic E-state index is -0.0937. The molecule has 1 saturated carbocycles. The Morgan fingerprint density at radius 1 is 1.41 bits per heavy atom. The van der Waals surface area contributed by atoms with E-state index < -0.39 is 0 Å². The first-order valence-corrected chi connectivity index (χ1v) is 8.01. The largest absolute Gasteiger partial charge is 0.378 e. The minimum absolute atomic E-state index is 0.0937. The summed E-state index contributed by atoms with van der Waals surface area (Å²) < 4.78 is 5.35. The van der Waals surface area contributed by atoms with Crippen molar-refractivity contribution in [2.75, 3.05) is 37.7 Å². The van der Waals surface area contributed by atoms with Gasteiger partial charge in [0.1, 0.15) is 5.82 Å². The second-order valence-electron chi connectivity index (χ2n) is 6.16. The lowest BCUT2D eigenvalue weighted by Gasteiger charge is -2.28. The van der Waals surface area contributed by atoms with E-state index in [0.717, 1.165) is 50.1 Å². The molecule has 2 heterocycles. The number of pyridine rings is 1. The molecule has 2 aliphatic rings. The molecule has 6 heteroatoms. The Labute approximate surface area is 131 Å². The van der Waals surface area contributed by atoms with Crippen molar-refractivity contribution >= 4 is 11.8 Å². The summed E-state index contributed by atoms with van der Waals surface area (Å²) in [5.41, 5.74) is 1.06. The maximum Gasteiger partial charge on any atom is 0.315 e. The summed E-state index contributed by atoms with van der Waals surface area (Å²) in [7, 11) is 0. The Hall–Kier alpha value is -1.82. The highest BCUT2D eigenvalue weighted by molar-refractivity contribution is 5.73. The van der Waals surface area contributed by atoms with Crippen LogP contribution in [0.5, 0.6) is 0 Å². The van der Waals surface area contributed by atoms with Crippen molar-refractivity contribution in [3.8, 4) is 0 Å². The van der Waals surface area contributed by atoms with Crippen molar-refractivity contribution in [1.82, 2.24) is 15.6 Å². The number of hydrogen-bond donors (Lipinski definition) is 2. The van der Waals surface area contributed by atoms with Crippen LogP contribution < -0.4 is 15.5 Å². The van der Waals surface area contributed by atoms with Gasteiger partial charge >= 0.3 is 6.03 Å². The standard InChI is InChI=1S/C16H24N4O2/c1-12-8-14(12)11-19-16(21)18-10-13-2-3-17-15(9-13)20-4-6-22-7-5-20/h2-3,9,12,14H,4-8,10-11H2,1H3,(H2,18,19,21)/t12-,14+/m1/s1. The fourth-order valence-corrected chi connectivity index (χ4v) is 2.69. The molecule has 1 saturated heterocycles. The van der Waals surface area contributed by atoms with Gasteiger partial charge in [-0.2, -0.15) is 0 Å². The van der Waals surface area contributed by atoms with E-state index in [2.05, 4.69) is 27.4 Å². The van der Waals surface area contributed by atoms with Gasteiger partial charge in [-0.1, -0.05) is 6.92 Å². The number of rotatable bonds is 5. The quantitative estimate of drug-likeness (QED) is 0.862. The highest BCUT2D eigenvalue weighted by atomic mass is 16.5. The molecular weight excluding hydrogens is 280 g/mol. The molecule has 2 fully saturated rings. The van der Waals surface area contributed by atoms with E-state index in [1.54, 1.807) is 6.20 Å². The number of amides is 2. The lowest BCUT2D eigenvalue weighted by Crippen LogP contribution is -2.37. The number of anilines is 1. The summed E-state index contributed by atoms with van der Waals surface area (Å²) in [5, 5.41) is 5.84. The molecule has 1 aliphatic heterocycles. The molecule has 3 rings (SSSR count). The molecule has 2 atom stereocenters. The zero-order valence-electron chi connectivity index (χ0n) is 13.0. The van der Waals surface area contributed by atoms with Crippen LogP contribution in [-0.4, -0.2) is 43.9 Å². The number of ether oxygens (including phenoxy) is 1. The van der Waals surface area contributed by atoms with E-state index >= 15 is 0 Å². The Balaban J connectivity index is 1.46. The smallest absolute Gasteiger partial charge is 0.315 e. The molecule has 0 spiro atoms. The van der Waals surface area contributed by atoms with Gasteiger partial charge in [-0.3, -0.25) is 0 Å². The van der Waals surface area contributed by atoms with Crippen molar-refractivity contribution in [3.05, 3.63) is 23.9 Å². The molecule has 0 unspecified atom stereocenters. The van der Waals surface area contributed by atoms with E-state index in [1.807, 2.05) is 12.1 Å². The number of carbonyl (C=O) groups excluding carboxylic acids is 1. The van der Waals surface area contributed by atoms with E-state index in [1.165, 1.54) is 6.42 Å². The van der Waals surface area contributed by atoms with E-state index in [-0.39, 0.29) is 6.03 Å². The molecule has 1 aromatic rings. The number of nitrogens with one attached hydrogen (secondary N) is 2. The molecule has 2 N–H and O–H groups in total. The average molecular weight is 304 g/mol. The van der Waals surface area contributed by atoms with Gasteiger partial charge in [0.15, 0.2) is 0 Å². The van der Waals surface area contributed by atoms with Gasteiger partial charge in [0.25, 0.3) is 0 Å². The van der Waals surface area contributed by atoms with Crippen molar-refractivity contribution in [2.45, 2.75) is 19.9 Å². The van der Waals surface area contributed by atoms with Crippen molar-refractivity contribution in [3.63, 3.8) is 0 Å². The van der Waals surface area contributed by atoms with Gasteiger partial charge in [-0.25, -0.2) is 9.78 Å². The third-order valence-electron chi connectivity index (χ3n) is 4.40. The molecule has 0 aromatic carbocycles. The van der Waals surface area contributed by atoms with Crippen LogP contribution in [0.25, 0.3) is 0 Å². The average Bonchev–Trinajstić information content (AvgIpc) is 3.27. The second-order valence-corrected chi connectivity index (χ2v) is 6.16. The first-order valence-electron chi connectivity index (χ1n) is 8.01. The van der Waals surface area contributed by atoms with Crippen LogP contribution in [0.1, 0.15) is 18.9 Å². The molecule has 1 aliphatic carbocycles. The number of aromatic nitrogens is 1. The predicted molar refractivity (Wildman–Crippen MR) is 84.8 cm³/mol. The minimum Gasteiger partial charge on any atom is -0.378 e. The summed E-state index contributed by atoms with van der Waals surface area (Å²) in [5.74, 6) is 2.38. The monoisotopic (exact) mass is 304 g/mol. The fraction of sp³-hybridized carbons (Fsp3) is 0.625. The summed E-state index contributed by atoms with van der Waals surface area (Å²) >= 11 is 0. The van der Waals surface area contributed by atoms with Crippen LogP contribution >= 0.6 is 0 Å². The zero-order chi connectivity index (χ0) is 15.4. The fourth-order valence-electron chi connectivity index (χ4n) is 2.69. The molecule has 0 radical (unpaired) electrons. The molecule has 6 nitrogen and oxygen atoms in total. The summed E-state index contributed by atoms with van der Waals surface area (Å²) in [6, 6.07) is 3.88. The Kier molecular flexibility index (Phi) is 4.77. The van der Waals surface area contributed by atoms with E-state index in [9.17, 15) is 4.79 Å². The van der Waals surface area contributed by atoms with Crippen molar-refractivity contribution in [2.24, 2.45) is 11.8 Å². The van der Waals surface area contributed by atoms with Crippen LogP contribution in [0.4, 0.5) is 10.6 Å². The van der Waals surface area contributed by atoms with Crippen LogP contribution in [0.2, 0.25) is 0 Å². The third-order valence-corrected chi connectivity index (χ3v) is 4.40. The lowest BCUT2D eigenvalue weighted by atomic mass is 10.2. The summed E-state index contributed by atoms with van der Waals surface area (Å²) in [6.45, 7) is 6.73. The highest BCUT2D eigenvalue weighted by Crippen LogP contribution is 2.36. The van der Waals surface area contributed by atoms with Gasteiger partial charge in [-0.05, 0) is 36.0 Å². The molecule has 2 amide bonds. The van der Waals surface area contributed by atoms with E-state index in [0.29, 0.717) is 12.5 Å². The zero-order valence-corrected chi connectivity index (χ0v) is 13.0. The van der Waals surface area contributed by atoms with Gasteiger partial charge in [0.2, 0.25) is 0 Å². The van der Waals surface area contributed by atoms with Gasteiger partial charge < -0.3 is 20.3 Å². The highest BCUT2D eigenvalue weighted by Gasteiger charge is 2.32. The first-order chi connectivity index (χ1) is 10.7. The third kappa shape index (κ3) is 4.10. The normalized spacial score (nSPS) is 24.0. The number of urea groups is 1. The topological polar surface area (TPSA) is 66.5 Å². The molecule has 120 valence electrons. The maximum atomic E-state index is 11.8. The maximum absolute atomic E-state index is 11.8. The predicted octanol–water partition coefficient (Wildman–Crippen LogP) is 1.37. The lowest BCUT2D eigenvalue weighted by molar-refractivity contribution is 0.122. The van der Waals surface area contributed by atoms with Gasteiger partial charge in [0.05, 0.1) is 13.2 Å². The van der Waals surface area contributed by atoms with Gasteiger partial charge in [0, 0.05) is 32.4 Å². The Bertz CT molecular complexity index is 517. The second kappa shape index (κ2) is 6.96. The van der Waals surface area contributed by atoms with Crippen LogP contribution in [0.3, 0.4) is 0 Å². The molecule has 22 heavy (non-hydrogen) atoms. The first kappa shape index (κ1) is 15.1. The summed E-state index contributed by atoms with van der Waals surface area (Å²) in [6.07, 6.45) is 3.03. The van der Waals surface area contributed by atoms with E-state index in [4.69, 9.17) is 4.74 Å². The Morgan fingerprint density at radius 2 is 2.18 bits per heavy atom. The molecule has 1 aromatic heterocycles. The number of nitrogens with zero attached hydrogens (tertiary/aromatic N) is 2. The number of morpholine rings is 1. The molecular formula is C16H24N4O2. The molecule has 0 bridgehead atoms. The number of carbonyl (C=O) groups is 1. The van der Waals surface area contributed by atoms with Gasteiger partial charge in [-0.15, -0.1) is 0 Å². The van der Waals surface area contributed by atoms with Crippen molar-refractivity contribution < 1.29 is 9.53 Å². The Morgan fingerprint density at radius 3 is 2.91 bits per heavy atom. The summed E-state index contributed by atoms with van der Waals surface area (Å²) in [4.78, 5) is 18.4. The van der Waals surface area contributed by atoms with Crippen LogP contribution in [-0.2, 0) is 11.3 Å². The number of hydrogen-bond acceptors (Lipinski definition) is 4.